The smallest absolute Gasteiger partial charge is 0.407 e. The van der Waals surface area contributed by atoms with Gasteiger partial charge >= 0.3 is 12.1 Å². The lowest BCUT2D eigenvalue weighted by atomic mass is 10.1. The van der Waals surface area contributed by atoms with Gasteiger partial charge in [-0.3, -0.25) is 4.79 Å². The maximum absolute atomic E-state index is 11.5. The zero-order valence-electron chi connectivity index (χ0n) is 11.2. The molecule has 0 spiro atoms. The highest BCUT2D eigenvalue weighted by molar-refractivity contribution is 5.73. The first-order valence-electron chi connectivity index (χ1n) is 5.98. The Kier molecular flexibility index (Phi) is 4.56. The predicted molar refractivity (Wildman–Crippen MR) is 63.9 cm³/mol. The summed E-state index contributed by atoms with van der Waals surface area (Å²) in [7, 11) is 1.31. The molecule has 0 bridgehead atoms. The summed E-state index contributed by atoms with van der Waals surface area (Å²) in [6.45, 7) is 5.28. The molecule has 0 aromatic carbocycles. The molecule has 1 saturated carbocycles. The van der Waals surface area contributed by atoms with Crippen LogP contribution in [0, 0.1) is 5.92 Å². The third kappa shape index (κ3) is 4.18. The number of hydrogen-bond donors (Lipinski definition) is 2. The van der Waals surface area contributed by atoms with Crippen molar-refractivity contribution in [3.63, 3.8) is 0 Å². The van der Waals surface area contributed by atoms with Crippen molar-refractivity contribution < 1.29 is 24.2 Å². The van der Waals surface area contributed by atoms with Crippen molar-refractivity contribution in [2.45, 2.75) is 51.4 Å². The van der Waals surface area contributed by atoms with Crippen LogP contribution in [0.5, 0.6) is 0 Å². The Balaban J connectivity index is 2.49. The molecule has 1 aliphatic rings. The van der Waals surface area contributed by atoms with Gasteiger partial charge in [0.15, 0.2) is 0 Å². The molecule has 0 saturated heterocycles. The second kappa shape index (κ2) is 5.56. The fraction of sp³-hybridized carbons (Fsp3) is 0.833. The lowest BCUT2D eigenvalue weighted by Gasteiger charge is -2.22. The van der Waals surface area contributed by atoms with E-state index in [0.29, 0.717) is 12.8 Å². The van der Waals surface area contributed by atoms with Gasteiger partial charge < -0.3 is 19.9 Å². The van der Waals surface area contributed by atoms with Crippen molar-refractivity contribution in [3.8, 4) is 0 Å². The molecule has 1 aliphatic carbocycles. The molecular formula is C12H21NO5. The van der Waals surface area contributed by atoms with Gasteiger partial charge in [-0.2, -0.15) is 0 Å². The molecule has 2 N–H and O–H groups in total. The lowest BCUT2D eigenvalue weighted by molar-refractivity contribution is -0.145. The number of amides is 1. The van der Waals surface area contributed by atoms with E-state index >= 15 is 0 Å². The number of alkyl carbamates (subject to hydrolysis) is 1. The molecule has 1 rings (SSSR count). The molecule has 6 heteroatoms. The van der Waals surface area contributed by atoms with Crippen LogP contribution in [-0.2, 0) is 14.3 Å². The van der Waals surface area contributed by atoms with Gasteiger partial charge in [-0.05, 0) is 33.6 Å². The Labute approximate surface area is 107 Å². The van der Waals surface area contributed by atoms with Crippen molar-refractivity contribution in [1.82, 2.24) is 5.32 Å². The quantitative estimate of drug-likeness (QED) is 0.717. The Hall–Kier alpha value is -1.30. The summed E-state index contributed by atoms with van der Waals surface area (Å²) in [5.41, 5.74) is -0.588. The fourth-order valence-corrected chi connectivity index (χ4v) is 1.99. The SMILES string of the molecule is COC(=O)[C@@H]1C[C@H](NC(=O)OC(C)(C)C)[C@@H](O)C1. The molecule has 18 heavy (non-hydrogen) atoms. The molecule has 0 aromatic heterocycles. The summed E-state index contributed by atoms with van der Waals surface area (Å²) < 4.78 is 9.72. The van der Waals surface area contributed by atoms with E-state index in [2.05, 4.69) is 10.1 Å². The van der Waals surface area contributed by atoms with E-state index in [4.69, 9.17) is 4.74 Å². The first-order chi connectivity index (χ1) is 8.23. The number of esters is 1. The number of carbonyl (C=O) groups is 2. The van der Waals surface area contributed by atoms with Crippen LogP contribution in [0.15, 0.2) is 0 Å². The number of aliphatic hydroxyl groups excluding tert-OH is 1. The van der Waals surface area contributed by atoms with E-state index in [9.17, 15) is 14.7 Å². The van der Waals surface area contributed by atoms with Crippen molar-refractivity contribution in [2.24, 2.45) is 5.92 Å². The fourth-order valence-electron chi connectivity index (χ4n) is 1.99. The third-order valence-corrected chi connectivity index (χ3v) is 2.77. The molecule has 0 unspecified atom stereocenters. The lowest BCUT2D eigenvalue weighted by Crippen LogP contribution is -2.42. The third-order valence-electron chi connectivity index (χ3n) is 2.77. The number of nitrogens with one attached hydrogen (secondary N) is 1. The van der Waals surface area contributed by atoms with Gasteiger partial charge in [-0.15, -0.1) is 0 Å². The molecule has 104 valence electrons. The Morgan fingerprint density at radius 2 is 1.89 bits per heavy atom. The van der Waals surface area contributed by atoms with Crippen molar-refractivity contribution in [2.75, 3.05) is 7.11 Å². The summed E-state index contributed by atoms with van der Waals surface area (Å²) >= 11 is 0. The average Bonchev–Trinajstić information content (AvgIpc) is 2.56. The molecule has 0 radical (unpaired) electrons. The standard InChI is InChI=1S/C12H21NO5/c1-12(2,3)18-11(16)13-8-5-7(6-9(8)14)10(15)17-4/h7-9,14H,5-6H2,1-4H3,(H,13,16)/t7-,8+,9+/m1/s1. The molecule has 0 aliphatic heterocycles. The first-order valence-corrected chi connectivity index (χ1v) is 5.98. The van der Waals surface area contributed by atoms with Crippen LogP contribution in [0.1, 0.15) is 33.6 Å². The first kappa shape index (κ1) is 14.8. The summed E-state index contributed by atoms with van der Waals surface area (Å²) in [6, 6.07) is -0.469. The summed E-state index contributed by atoms with van der Waals surface area (Å²) in [5.74, 6) is -0.729. The van der Waals surface area contributed by atoms with Gasteiger partial charge in [0.2, 0.25) is 0 Å². The number of rotatable bonds is 2. The van der Waals surface area contributed by atoms with Gasteiger partial charge in [-0.1, -0.05) is 0 Å². The van der Waals surface area contributed by atoms with Gasteiger partial charge in [0.1, 0.15) is 5.60 Å². The van der Waals surface area contributed by atoms with E-state index < -0.39 is 23.8 Å². The zero-order valence-corrected chi connectivity index (χ0v) is 11.2. The highest BCUT2D eigenvalue weighted by atomic mass is 16.6. The van der Waals surface area contributed by atoms with Crippen LogP contribution >= 0.6 is 0 Å². The zero-order chi connectivity index (χ0) is 13.9. The number of methoxy groups -OCH3 is 1. The van der Waals surface area contributed by atoms with Crippen molar-refractivity contribution >= 4 is 12.1 Å². The average molecular weight is 259 g/mol. The second-order valence-corrected chi connectivity index (χ2v) is 5.51. The molecule has 6 nitrogen and oxygen atoms in total. The maximum atomic E-state index is 11.5. The van der Waals surface area contributed by atoms with E-state index in [1.54, 1.807) is 20.8 Å². The van der Waals surface area contributed by atoms with Crippen LogP contribution < -0.4 is 5.32 Å². The van der Waals surface area contributed by atoms with Crippen LogP contribution in [0.2, 0.25) is 0 Å². The Morgan fingerprint density at radius 3 is 2.39 bits per heavy atom. The molecule has 3 atom stereocenters. The Bertz CT molecular complexity index is 323. The normalized spacial score (nSPS) is 27.7. The van der Waals surface area contributed by atoms with Gasteiger partial charge in [0.25, 0.3) is 0 Å². The predicted octanol–water partition coefficient (Wildman–Crippen LogP) is 0.824. The summed E-state index contributed by atoms with van der Waals surface area (Å²) in [5, 5.41) is 12.3. The van der Waals surface area contributed by atoms with Crippen LogP contribution in [0.25, 0.3) is 0 Å². The second-order valence-electron chi connectivity index (χ2n) is 5.51. The van der Waals surface area contributed by atoms with E-state index in [-0.39, 0.29) is 11.9 Å². The minimum atomic E-state index is -0.749. The highest BCUT2D eigenvalue weighted by Crippen LogP contribution is 2.27. The number of ether oxygens (including phenoxy) is 2. The van der Waals surface area contributed by atoms with Gasteiger partial charge in [0, 0.05) is 0 Å². The monoisotopic (exact) mass is 259 g/mol. The molecule has 0 aromatic rings. The topological polar surface area (TPSA) is 84.9 Å². The van der Waals surface area contributed by atoms with Crippen LogP contribution in [-0.4, -0.2) is 42.0 Å². The molecule has 1 amide bonds. The van der Waals surface area contributed by atoms with E-state index in [1.165, 1.54) is 7.11 Å². The van der Waals surface area contributed by atoms with Crippen molar-refractivity contribution in [3.05, 3.63) is 0 Å². The van der Waals surface area contributed by atoms with Crippen LogP contribution in [0.4, 0.5) is 4.79 Å². The van der Waals surface area contributed by atoms with Crippen molar-refractivity contribution in [1.29, 1.82) is 0 Å². The van der Waals surface area contributed by atoms with Crippen LogP contribution in [0.3, 0.4) is 0 Å². The minimum Gasteiger partial charge on any atom is -0.469 e. The number of carbonyl (C=O) groups excluding carboxylic acids is 2. The van der Waals surface area contributed by atoms with E-state index in [1.807, 2.05) is 0 Å². The maximum Gasteiger partial charge on any atom is 0.407 e. The van der Waals surface area contributed by atoms with E-state index in [0.717, 1.165) is 0 Å². The summed E-state index contributed by atoms with van der Waals surface area (Å²) in [4.78, 5) is 22.9. The molecule has 0 heterocycles. The number of hydrogen-bond acceptors (Lipinski definition) is 5. The minimum absolute atomic E-state index is 0.299. The summed E-state index contributed by atoms with van der Waals surface area (Å²) in [6.07, 6.45) is -0.668. The highest BCUT2D eigenvalue weighted by Gasteiger charge is 2.38. The Morgan fingerprint density at radius 1 is 1.28 bits per heavy atom. The van der Waals surface area contributed by atoms with Gasteiger partial charge in [0.05, 0.1) is 25.2 Å². The largest absolute Gasteiger partial charge is 0.469 e. The van der Waals surface area contributed by atoms with Gasteiger partial charge in [-0.25, -0.2) is 4.79 Å². The molecular weight excluding hydrogens is 238 g/mol. The molecule has 1 fully saturated rings. The number of aliphatic hydroxyl groups is 1.